The molecule has 0 bridgehead atoms. The van der Waals surface area contributed by atoms with Crippen LogP contribution < -0.4 is 14.4 Å². The van der Waals surface area contributed by atoms with Gasteiger partial charge in [0.2, 0.25) is 0 Å². The SMILES string of the molecule is COc1ccc(OC)c(-c2csc3nc(N4CCCCC4)cn23)c1. The van der Waals surface area contributed by atoms with Crippen molar-refractivity contribution < 1.29 is 9.47 Å². The Morgan fingerprint density at radius 2 is 1.92 bits per heavy atom. The Hall–Kier alpha value is -2.21. The van der Waals surface area contributed by atoms with Crippen LogP contribution in [-0.2, 0) is 0 Å². The molecule has 5 nitrogen and oxygen atoms in total. The Morgan fingerprint density at radius 3 is 2.67 bits per heavy atom. The average Bonchev–Trinajstić information content (AvgIpc) is 3.22. The lowest BCUT2D eigenvalue weighted by Crippen LogP contribution is -2.29. The molecule has 4 rings (SSSR count). The maximum absolute atomic E-state index is 5.55. The van der Waals surface area contributed by atoms with Crippen molar-refractivity contribution in [2.45, 2.75) is 19.3 Å². The summed E-state index contributed by atoms with van der Waals surface area (Å²) in [4.78, 5) is 8.21. The minimum Gasteiger partial charge on any atom is -0.497 e. The summed E-state index contributed by atoms with van der Waals surface area (Å²) < 4.78 is 13.1. The van der Waals surface area contributed by atoms with Gasteiger partial charge < -0.3 is 14.4 Å². The van der Waals surface area contributed by atoms with Crippen molar-refractivity contribution in [2.75, 3.05) is 32.2 Å². The third-order valence-corrected chi connectivity index (χ3v) is 5.40. The second-order valence-corrected chi connectivity index (χ2v) is 6.82. The lowest BCUT2D eigenvalue weighted by molar-refractivity contribution is 0.404. The van der Waals surface area contributed by atoms with E-state index in [4.69, 9.17) is 14.5 Å². The van der Waals surface area contributed by atoms with Crippen LogP contribution in [0.1, 0.15) is 19.3 Å². The number of thiazole rings is 1. The lowest BCUT2D eigenvalue weighted by atomic mass is 10.1. The van der Waals surface area contributed by atoms with E-state index in [0.29, 0.717) is 0 Å². The van der Waals surface area contributed by atoms with Crippen LogP contribution in [0.25, 0.3) is 16.2 Å². The number of hydrogen-bond acceptors (Lipinski definition) is 5. The van der Waals surface area contributed by atoms with E-state index in [1.807, 2.05) is 18.2 Å². The highest BCUT2D eigenvalue weighted by atomic mass is 32.1. The molecule has 2 aromatic heterocycles. The second-order valence-electron chi connectivity index (χ2n) is 5.99. The number of hydrogen-bond donors (Lipinski definition) is 0. The zero-order chi connectivity index (χ0) is 16.5. The maximum atomic E-state index is 5.55. The molecule has 1 saturated heterocycles. The van der Waals surface area contributed by atoms with Crippen LogP contribution in [0.5, 0.6) is 11.5 Å². The number of imidazole rings is 1. The van der Waals surface area contributed by atoms with Crippen LogP contribution in [0.4, 0.5) is 5.82 Å². The number of piperidine rings is 1. The van der Waals surface area contributed by atoms with Crippen LogP contribution in [0.15, 0.2) is 29.8 Å². The fourth-order valence-electron chi connectivity index (χ4n) is 3.26. The van der Waals surface area contributed by atoms with E-state index in [9.17, 15) is 0 Å². The summed E-state index contributed by atoms with van der Waals surface area (Å²) in [6, 6.07) is 5.88. The van der Waals surface area contributed by atoms with Crippen molar-refractivity contribution >= 4 is 22.1 Å². The van der Waals surface area contributed by atoms with Gasteiger partial charge >= 0.3 is 0 Å². The minimum atomic E-state index is 0.821. The van der Waals surface area contributed by atoms with Gasteiger partial charge in [-0.1, -0.05) is 0 Å². The van der Waals surface area contributed by atoms with Gasteiger partial charge in [0.15, 0.2) is 4.96 Å². The van der Waals surface area contributed by atoms with E-state index < -0.39 is 0 Å². The molecule has 1 aliphatic rings. The summed E-state index contributed by atoms with van der Waals surface area (Å²) in [5, 5.41) is 2.12. The van der Waals surface area contributed by atoms with Crippen molar-refractivity contribution in [2.24, 2.45) is 0 Å². The predicted molar refractivity (Wildman–Crippen MR) is 97.7 cm³/mol. The van der Waals surface area contributed by atoms with Crippen LogP contribution >= 0.6 is 11.3 Å². The first-order valence-corrected chi connectivity index (χ1v) is 9.12. The summed E-state index contributed by atoms with van der Waals surface area (Å²) >= 11 is 1.66. The van der Waals surface area contributed by atoms with Gasteiger partial charge in [-0.15, -0.1) is 11.3 Å². The van der Waals surface area contributed by atoms with E-state index in [-0.39, 0.29) is 0 Å². The first-order chi connectivity index (χ1) is 11.8. The van der Waals surface area contributed by atoms with Gasteiger partial charge in [0.25, 0.3) is 0 Å². The number of ether oxygens (including phenoxy) is 2. The topological polar surface area (TPSA) is 39.0 Å². The molecule has 6 heteroatoms. The summed E-state index contributed by atoms with van der Waals surface area (Å²) in [5.74, 6) is 2.73. The van der Waals surface area contributed by atoms with Crippen molar-refractivity contribution in [3.63, 3.8) is 0 Å². The molecule has 3 aromatic rings. The highest BCUT2D eigenvalue weighted by molar-refractivity contribution is 7.15. The number of benzene rings is 1. The normalized spacial score (nSPS) is 15.0. The summed E-state index contributed by atoms with van der Waals surface area (Å²) in [6.45, 7) is 2.20. The Morgan fingerprint density at radius 1 is 1.08 bits per heavy atom. The zero-order valence-corrected chi connectivity index (χ0v) is 14.8. The average molecular weight is 343 g/mol. The molecule has 3 heterocycles. The number of nitrogens with zero attached hydrogens (tertiary/aromatic N) is 3. The number of methoxy groups -OCH3 is 2. The third kappa shape index (κ3) is 2.60. The largest absolute Gasteiger partial charge is 0.497 e. The minimum absolute atomic E-state index is 0.821. The molecule has 0 amide bonds. The molecule has 24 heavy (non-hydrogen) atoms. The molecule has 1 aromatic carbocycles. The van der Waals surface area contributed by atoms with Gasteiger partial charge in [-0.2, -0.15) is 0 Å². The number of aromatic nitrogens is 2. The van der Waals surface area contributed by atoms with Crippen LogP contribution in [0.3, 0.4) is 0 Å². The van der Waals surface area contributed by atoms with Gasteiger partial charge in [-0.05, 0) is 37.5 Å². The van der Waals surface area contributed by atoms with Crippen molar-refractivity contribution in [1.82, 2.24) is 9.38 Å². The van der Waals surface area contributed by atoms with Crippen LogP contribution in [0, 0.1) is 0 Å². The highest BCUT2D eigenvalue weighted by Gasteiger charge is 2.18. The Labute approximate surface area is 145 Å². The van der Waals surface area contributed by atoms with Crippen molar-refractivity contribution in [3.05, 3.63) is 29.8 Å². The third-order valence-electron chi connectivity index (χ3n) is 4.56. The fraction of sp³-hybridized carbons (Fsp3) is 0.389. The van der Waals surface area contributed by atoms with E-state index in [1.54, 1.807) is 25.6 Å². The molecule has 1 fully saturated rings. The molecule has 1 aliphatic heterocycles. The zero-order valence-electron chi connectivity index (χ0n) is 14.0. The van der Waals surface area contributed by atoms with Gasteiger partial charge in [0, 0.05) is 24.0 Å². The van der Waals surface area contributed by atoms with E-state index in [0.717, 1.165) is 46.6 Å². The highest BCUT2D eigenvalue weighted by Crippen LogP contribution is 2.36. The molecule has 0 aliphatic carbocycles. The van der Waals surface area contributed by atoms with Crippen LogP contribution in [0.2, 0.25) is 0 Å². The molecule has 0 radical (unpaired) electrons. The van der Waals surface area contributed by atoms with Gasteiger partial charge in [-0.3, -0.25) is 4.40 Å². The van der Waals surface area contributed by atoms with E-state index in [1.165, 1.54) is 19.3 Å². The molecule has 126 valence electrons. The Kier molecular flexibility index (Phi) is 4.06. The monoisotopic (exact) mass is 343 g/mol. The standard InChI is InChI=1S/C18H21N3O2S/c1-22-13-6-7-16(23-2)14(10-13)15-12-24-18-19-17(11-21(15)18)20-8-4-3-5-9-20/h6-7,10-12H,3-5,8-9H2,1-2H3. The molecule has 0 unspecified atom stereocenters. The van der Waals surface area contributed by atoms with Gasteiger partial charge in [-0.25, -0.2) is 4.98 Å². The van der Waals surface area contributed by atoms with Crippen molar-refractivity contribution in [3.8, 4) is 22.8 Å². The molecular formula is C18H21N3O2S. The fourth-order valence-corrected chi connectivity index (χ4v) is 4.12. The number of anilines is 1. The lowest BCUT2D eigenvalue weighted by Gasteiger charge is -2.26. The Bertz CT molecular complexity index is 849. The second kappa shape index (κ2) is 6.36. The predicted octanol–water partition coefficient (Wildman–Crippen LogP) is 4.07. The first kappa shape index (κ1) is 15.3. The molecule has 0 N–H and O–H groups in total. The first-order valence-electron chi connectivity index (χ1n) is 8.24. The molecule has 0 saturated carbocycles. The van der Waals surface area contributed by atoms with E-state index >= 15 is 0 Å². The van der Waals surface area contributed by atoms with Crippen LogP contribution in [-0.4, -0.2) is 36.7 Å². The summed E-state index contributed by atoms with van der Waals surface area (Å²) in [6.07, 6.45) is 5.97. The van der Waals surface area contributed by atoms with Gasteiger partial charge in [0.1, 0.15) is 17.3 Å². The maximum Gasteiger partial charge on any atom is 0.196 e. The number of fused-ring (bicyclic) bond motifs is 1. The quantitative estimate of drug-likeness (QED) is 0.716. The van der Waals surface area contributed by atoms with Crippen molar-refractivity contribution in [1.29, 1.82) is 0 Å². The molecule has 0 spiro atoms. The summed E-state index contributed by atoms with van der Waals surface area (Å²) in [5.41, 5.74) is 2.10. The summed E-state index contributed by atoms with van der Waals surface area (Å²) in [7, 11) is 3.38. The number of rotatable bonds is 4. The molecule has 0 atom stereocenters. The Balaban J connectivity index is 1.78. The molecular weight excluding hydrogens is 322 g/mol. The smallest absolute Gasteiger partial charge is 0.196 e. The van der Waals surface area contributed by atoms with E-state index in [2.05, 4.69) is 20.9 Å². The van der Waals surface area contributed by atoms with Gasteiger partial charge in [0.05, 0.1) is 26.1 Å².